The van der Waals surface area contributed by atoms with Gasteiger partial charge in [0, 0.05) is 19.5 Å². The second kappa shape index (κ2) is 6.80. The molecular formula is C19H17ClN4O2. The van der Waals surface area contributed by atoms with Crippen LogP contribution in [0, 0.1) is 0 Å². The molecular weight excluding hydrogens is 352 g/mol. The lowest BCUT2D eigenvalue weighted by atomic mass is 10.0. The largest absolute Gasteiger partial charge is 0.346 e. The predicted molar refractivity (Wildman–Crippen MR) is 98.8 cm³/mol. The van der Waals surface area contributed by atoms with E-state index in [1.165, 1.54) is 6.20 Å². The number of carbonyl (C=O) groups excluding carboxylic acids is 2. The van der Waals surface area contributed by atoms with Gasteiger partial charge in [0.2, 0.25) is 5.91 Å². The summed E-state index contributed by atoms with van der Waals surface area (Å²) < 4.78 is 0. The highest BCUT2D eigenvalue weighted by Gasteiger charge is 2.31. The number of carbonyl (C=O) groups is 2. The molecule has 2 N–H and O–H groups in total. The van der Waals surface area contributed by atoms with Gasteiger partial charge in [-0.25, -0.2) is 0 Å². The molecule has 0 spiro atoms. The number of rotatable bonds is 4. The lowest BCUT2D eigenvalue weighted by Crippen LogP contribution is -2.37. The first kappa shape index (κ1) is 16.6. The molecule has 132 valence electrons. The zero-order chi connectivity index (χ0) is 18.1. The molecule has 1 saturated heterocycles. The average molecular weight is 369 g/mol. The number of nitrogens with one attached hydrogen (secondary N) is 2. The summed E-state index contributed by atoms with van der Waals surface area (Å²) in [6.07, 6.45) is 1.66. The maximum atomic E-state index is 12.4. The van der Waals surface area contributed by atoms with Gasteiger partial charge in [-0.1, -0.05) is 54.1 Å². The molecule has 1 fully saturated rings. The maximum Gasteiger partial charge on any atom is 0.271 e. The Labute approximate surface area is 155 Å². The van der Waals surface area contributed by atoms with Crippen molar-refractivity contribution in [3.63, 3.8) is 0 Å². The van der Waals surface area contributed by atoms with Crippen molar-refractivity contribution < 1.29 is 9.59 Å². The molecule has 4 rings (SSSR count). The number of halogens is 1. The number of aromatic nitrogens is 2. The Balaban J connectivity index is 1.46. The van der Waals surface area contributed by atoms with Gasteiger partial charge in [-0.2, -0.15) is 5.10 Å². The summed E-state index contributed by atoms with van der Waals surface area (Å²) in [4.78, 5) is 26.4. The average Bonchev–Trinajstić information content (AvgIpc) is 3.21. The number of hydrogen-bond acceptors (Lipinski definition) is 3. The third-order valence-electron chi connectivity index (χ3n) is 4.61. The van der Waals surface area contributed by atoms with Crippen LogP contribution in [0.3, 0.4) is 0 Å². The number of nitrogens with zero attached hydrogens (tertiary/aromatic N) is 2. The fraction of sp³-hybridized carbons (Fsp3) is 0.211. The smallest absolute Gasteiger partial charge is 0.271 e. The molecule has 7 heteroatoms. The molecule has 1 aliphatic rings. The topological polar surface area (TPSA) is 78.1 Å². The second-order valence-electron chi connectivity index (χ2n) is 6.38. The second-order valence-corrected chi connectivity index (χ2v) is 6.79. The summed E-state index contributed by atoms with van der Waals surface area (Å²) in [5.41, 5.74) is 1.31. The van der Waals surface area contributed by atoms with Crippen molar-refractivity contribution in [2.45, 2.75) is 19.0 Å². The summed E-state index contributed by atoms with van der Waals surface area (Å²) in [6.45, 7) is 0.997. The van der Waals surface area contributed by atoms with Crippen LogP contribution in [0.5, 0.6) is 0 Å². The van der Waals surface area contributed by atoms with Gasteiger partial charge in [0.1, 0.15) is 5.69 Å². The Morgan fingerprint density at radius 1 is 1.27 bits per heavy atom. The van der Waals surface area contributed by atoms with Crippen LogP contribution in [0.15, 0.2) is 48.7 Å². The van der Waals surface area contributed by atoms with Crippen molar-refractivity contribution in [1.82, 2.24) is 20.4 Å². The molecule has 2 amide bonds. The molecule has 0 saturated carbocycles. The van der Waals surface area contributed by atoms with Crippen molar-refractivity contribution in [2.24, 2.45) is 0 Å². The molecule has 0 bridgehead atoms. The number of fused-ring (bicyclic) bond motifs is 1. The fourth-order valence-corrected chi connectivity index (χ4v) is 3.52. The maximum absolute atomic E-state index is 12.4. The minimum absolute atomic E-state index is 0.0268. The molecule has 2 heterocycles. The predicted octanol–water partition coefficient (Wildman–Crippen LogP) is 2.75. The summed E-state index contributed by atoms with van der Waals surface area (Å²) in [6, 6.07) is 14.0. The summed E-state index contributed by atoms with van der Waals surface area (Å²) >= 11 is 5.91. The third-order valence-corrected chi connectivity index (χ3v) is 4.90. The van der Waals surface area contributed by atoms with E-state index in [9.17, 15) is 9.59 Å². The zero-order valence-electron chi connectivity index (χ0n) is 13.9. The molecule has 3 aromatic rings. The van der Waals surface area contributed by atoms with E-state index in [1.54, 1.807) is 4.90 Å². The van der Waals surface area contributed by atoms with Crippen LogP contribution in [0.2, 0.25) is 5.02 Å². The first-order valence-electron chi connectivity index (χ1n) is 8.36. The highest BCUT2D eigenvalue weighted by molar-refractivity contribution is 6.33. The van der Waals surface area contributed by atoms with E-state index in [-0.39, 0.29) is 35.0 Å². The molecule has 2 aromatic carbocycles. The van der Waals surface area contributed by atoms with E-state index in [1.807, 2.05) is 24.3 Å². The molecule has 0 aliphatic carbocycles. The lowest BCUT2D eigenvalue weighted by molar-refractivity contribution is -0.128. The Hall–Kier alpha value is -2.86. The van der Waals surface area contributed by atoms with Crippen LogP contribution in [-0.4, -0.2) is 39.5 Å². The van der Waals surface area contributed by atoms with Gasteiger partial charge >= 0.3 is 0 Å². The Morgan fingerprint density at radius 3 is 2.88 bits per heavy atom. The molecule has 6 nitrogen and oxygen atoms in total. The first-order valence-corrected chi connectivity index (χ1v) is 8.74. The number of benzene rings is 2. The van der Waals surface area contributed by atoms with Gasteiger partial charge in [0.05, 0.1) is 17.3 Å². The van der Waals surface area contributed by atoms with Gasteiger partial charge < -0.3 is 10.2 Å². The van der Waals surface area contributed by atoms with E-state index >= 15 is 0 Å². The highest BCUT2D eigenvalue weighted by Crippen LogP contribution is 2.22. The van der Waals surface area contributed by atoms with Crippen LogP contribution in [0.25, 0.3) is 10.8 Å². The van der Waals surface area contributed by atoms with Gasteiger partial charge in [-0.05, 0) is 16.3 Å². The Bertz CT molecular complexity index is 979. The van der Waals surface area contributed by atoms with Crippen LogP contribution < -0.4 is 5.32 Å². The van der Waals surface area contributed by atoms with Crippen molar-refractivity contribution in [3.05, 3.63) is 64.9 Å². The fourth-order valence-electron chi connectivity index (χ4n) is 3.35. The van der Waals surface area contributed by atoms with E-state index in [0.717, 1.165) is 16.3 Å². The van der Waals surface area contributed by atoms with Crippen molar-refractivity contribution in [1.29, 1.82) is 0 Å². The first-order chi connectivity index (χ1) is 12.6. The minimum Gasteiger partial charge on any atom is -0.346 e. The third kappa shape index (κ3) is 3.15. The summed E-state index contributed by atoms with van der Waals surface area (Å²) in [5, 5.41) is 11.7. The monoisotopic (exact) mass is 368 g/mol. The normalized spacial score (nSPS) is 17.0. The minimum atomic E-state index is -0.350. The molecule has 26 heavy (non-hydrogen) atoms. The van der Waals surface area contributed by atoms with E-state index < -0.39 is 0 Å². The highest BCUT2D eigenvalue weighted by atomic mass is 35.5. The van der Waals surface area contributed by atoms with Crippen molar-refractivity contribution >= 4 is 34.2 Å². The standard InChI is InChI=1S/C19H17ClN4O2/c20-16-9-21-23-18(16)19(26)22-14-8-17(25)24(11-14)10-13-6-3-5-12-4-1-2-7-15(12)13/h1-7,9,14H,8,10-11H2,(H,21,23)(H,22,26)/t14-/m0/s1. The Morgan fingerprint density at radius 2 is 2.08 bits per heavy atom. The van der Waals surface area contributed by atoms with Crippen molar-refractivity contribution in [2.75, 3.05) is 6.54 Å². The van der Waals surface area contributed by atoms with E-state index in [0.29, 0.717) is 13.1 Å². The van der Waals surface area contributed by atoms with Crippen molar-refractivity contribution in [3.8, 4) is 0 Å². The number of H-pyrrole nitrogens is 1. The molecule has 1 atom stereocenters. The molecule has 0 unspecified atom stereocenters. The Kier molecular flexibility index (Phi) is 4.34. The molecule has 0 radical (unpaired) electrons. The van der Waals surface area contributed by atoms with Gasteiger partial charge in [-0.15, -0.1) is 0 Å². The number of hydrogen-bond donors (Lipinski definition) is 2. The van der Waals surface area contributed by atoms with E-state index in [2.05, 4.69) is 33.7 Å². The van der Waals surface area contributed by atoms with Gasteiger partial charge in [0.25, 0.3) is 5.91 Å². The number of amides is 2. The number of aromatic amines is 1. The van der Waals surface area contributed by atoms with E-state index in [4.69, 9.17) is 11.6 Å². The number of likely N-dealkylation sites (tertiary alicyclic amines) is 1. The zero-order valence-corrected chi connectivity index (χ0v) is 14.7. The quantitative estimate of drug-likeness (QED) is 0.743. The molecule has 1 aliphatic heterocycles. The SMILES string of the molecule is O=C(N[C@H]1CC(=O)N(Cc2cccc3ccccc23)C1)c1[nH]ncc1Cl. The van der Waals surface area contributed by atoms with Crippen LogP contribution in [0.4, 0.5) is 0 Å². The van der Waals surface area contributed by atoms with Gasteiger partial charge in [0.15, 0.2) is 0 Å². The summed E-state index contributed by atoms with van der Waals surface area (Å²) in [7, 11) is 0. The summed E-state index contributed by atoms with van der Waals surface area (Å²) in [5.74, 6) is -0.323. The van der Waals surface area contributed by atoms with Crippen LogP contribution >= 0.6 is 11.6 Å². The van der Waals surface area contributed by atoms with Crippen LogP contribution in [0.1, 0.15) is 22.5 Å². The molecule has 1 aromatic heterocycles. The lowest BCUT2D eigenvalue weighted by Gasteiger charge is -2.18. The van der Waals surface area contributed by atoms with Gasteiger partial charge in [-0.3, -0.25) is 14.7 Å². The van der Waals surface area contributed by atoms with Crippen LogP contribution in [-0.2, 0) is 11.3 Å².